The minimum atomic E-state index is -0.338. The molecule has 0 unspecified atom stereocenters. The van der Waals surface area contributed by atoms with Gasteiger partial charge in [0.25, 0.3) is 0 Å². The second-order valence-corrected chi connectivity index (χ2v) is 7.48. The Hall–Kier alpha value is -1.88. The molecule has 27 heavy (non-hydrogen) atoms. The zero-order valence-electron chi connectivity index (χ0n) is 16.6. The van der Waals surface area contributed by atoms with Gasteiger partial charge in [-0.3, -0.25) is 0 Å². The first-order valence-corrected chi connectivity index (χ1v) is 10.5. The van der Waals surface area contributed by atoms with Gasteiger partial charge in [0.15, 0.2) is 5.11 Å². The summed E-state index contributed by atoms with van der Waals surface area (Å²) >= 11 is 5.67. The van der Waals surface area contributed by atoms with Gasteiger partial charge in [-0.25, -0.2) is 4.79 Å². The van der Waals surface area contributed by atoms with Crippen LogP contribution in [0.4, 0.5) is 5.69 Å². The van der Waals surface area contributed by atoms with Crippen molar-refractivity contribution in [3.63, 3.8) is 0 Å². The Morgan fingerprint density at radius 3 is 2.56 bits per heavy atom. The van der Waals surface area contributed by atoms with Crippen molar-refractivity contribution in [2.75, 3.05) is 25.5 Å². The Balaban J connectivity index is 1.88. The van der Waals surface area contributed by atoms with Crippen LogP contribution >= 0.6 is 12.2 Å². The van der Waals surface area contributed by atoms with Gasteiger partial charge in [-0.1, -0.05) is 50.8 Å². The van der Waals surface area contributed by atoms with Gasteiger partial charge >= 0.3 is 5.97 Å². The first kappa shape index (κ1) is 21.4. The Kier molecular flexibility index (Phi) is 9.32. The minimum absolute atomic E-state index is 0.338. The highest BCUT2D eigenvalue weighted by Crippen LogP contribution is 2.22. The highest BCUT2D eigenvalue weighted by molar-refractivity contribution is 7.80. The molecule has 4 nitrogen and oxygen atoms in total. The van der Waals surface area contributed by atoms with Gasteiger partial charge in [-0.05, 0) is 55.6 Å². The van der Waals surface area contributed by atoms with Gasteiger partial charge < -0.3 is 15.0 Å². The quantitative estimate of drug-likeness (QED) is 0.224. The van der Waals surface area contributed by atoms with Crippen molar-refractivity contribution in [3.8, 4) is 0 Å². The number of methoxy groups -OCH3 is 1. The summed E-state index contributed by atoms with van der Waals surface area (Å²) in [6.07, 6.45) is 13.1. The molecule has 0 bridgehead atoms. The van der Waals surface area contributed by atoms with Gasteiger partial charge in [-0.2, -0.15) is 0 Å². The van der Waals surface area contributed by atoms with Crippen molar-refractivity contribution in [2.24, 2.45) is 5.92 Å². The Labute approximate surface area is 169 Å². The predicted octanol–water partition coefficient (Wildman–Crippen LogP) is 5.41. The van der Waals surface area contributed by atoms with E-state index in [0.717, 1.165) is 42.6 Å². The number of hydrogen-bond donors (Lipinski definition) is 1. The van der Waals surface area contributed by atoms with Crippen molar-refractivity contribution < 1.29 is 9.53 Å². The van der Waals surface area contributed by atoms with Crippen LogP contribution in [0.15, 0.2) is 36.4 Å². The SMILES string of the molecule is CCCCCCN(CCCCC1C=C1)C(=S)Nc1cccc(C(=O)OC)c1. The summed E-state index contributed by atoms with van der Waals surface area (Å²) < 4.78 is 4.79. The summed E-state index contributed by atoms with van der Waals surface area (Å²) in [5.41, 5.74) is 1.35. The van der Waals surface area contributed by atoms with E-state index in [-0.39, 0.29) is 5.97 Å². The zero-order chi connectivity index (χ0) is 19.5. The molecule has 0 aromatic heterocycles. The van der Waals surface area contributed by atoms with Crippen LogP contribution in [0.2, 0.25) is 0 Å². The number of carbonyl (C=O) groups excluding carboxylic acids is 1. The van der Waals surface area contributed by atoms with E-state index < -0.39 is 0 Å². The molecule has 0 spiro atoms. The fraction of sp³-hybridized carbons (Fsp3) is 0.545. The molecule has 0 fully saturated rings. The zero-order valence-corrected chi connectivity index (χ0v) is 17.4. The fourth-order valence-corrected chi connectivity index (χ4v) is 3.34. The average molecular weight is 389 g/mol. The molecule has 1 aromatic carbocycles. The fourth-order valence-electron chi connectivity index (χ4n) is 3.04. The number of ether oxygens (including phenoxy) is 1. The van der Waals surface area contributed by atoms with Crippen molar-refractivity contribution in [2.45, 2.75) is 51.9 Å². The number of rotatable bonds is 12. The number of esters is 1. The lowest BCUT2D eigenvalue weighted by Crippen LogP contribution is -2.36. The lowest BCUT2D eigenvalue weighted by Gasteiger charge is -2.26. The normalized spacial score (nSPS) is 12.7. The molecule has 148 valence electrons. The van der Waals surface area contributed by atoms with Gasteiger partial charge in [0, 0.05) is 18.8 Å². The van der Waals surface area contributed by atoms with Crippen LogP contribution in [0.25, 0.3) is 0 Å². The first-order valence-electron chi connectivity index (χ1n) is 10.1. The van der Waals surface area contributed by atoms with E-state index >= 15 is 0 Å². The van der Waals surface area contributed by atoms with Crippen LogP contribution in [0, 0.1) is 5.92 Å². The monoisotopic (exact) mass is 388 g/mol. The van der Waals surface area contributed by atoms with Crippen LogP contribution in [0.1, 0.15) is 62.2 Å². The third-order valence-corrected chi connectivity index (χ3v) is 5.14. The summed E-state index contributed by atoms with van der Waals surface area (Å²) in [4.78, 5) is 14.0. The molecular weight excluding hydrogens is 356 g/mol. The number of nitrogens with one attached hydrogen (secondary N) is 1. The van der Waals surface area contributed by atoms with E-state index in [1.165, 1.54) is 39.2 Å². The number of benzene rings is 1. The largest absolute Gasteiger partial charge is 0.465 e. The summed E-state index contributed by atoms with van der Waals surface area (Å²) in [6, 6.07) is 7.29. The highest BCUT2D eigenvalue weighted by Gasteiger charge is 2.13. The third-order valence-electron chi connectivity index (χ3n) is 4.78. The number of allylic oxidation sites excluding steroid dienone is 2. The molecule has 0 heterocycles. The lowest BCUT2D eigenvalue weighted by atomic mass is 10.1. The summed E-state index contributed by atoms with van der Waals surface area (Å²) in [5, 5.41) is 4.04. The maximum Gasteiger partial charge on any atom is 0.337 e. The lowest BCUT2D eigenvalue weighted by molar-refractivity contribution is 0.0601. The van der Waals surface area contributed by atoms with Gasteiger partial charge in [0.2, 0.25) is 0 Å². The number of nitrogens with zero attached hydrogens (tertiary/aromatic N) is 1. The highest BCUT2D eigenvalue weighted by atomic mass is 32.1. The summed E-state index contributed by atoms with van der Waals surface area (Å²) in [5.74, 6) is 0.406. The van der Waals surface area contributed by atoms with E-state index in [9.17, 15) is 4.79 Å². The van der Waals surface area contributed by atoms with Gasteiger partial charge in [0.05, 0.1) is 12.7 Å². The number of hydrogen-bond acceptors (Lipinski definition) is 3. The molecule has 1 N–H and O–H groups in total. The molecule has 0 saturated heterocycles. The summed E-state index contributed by atoms with van der Waals surface area (Å²) in [6.45, 7) is 4.18. The van der Waals surface area contributed by atoms with E-state index in [2.05, 4.69) is 29.3 Å². The van der Waals surface area contributed by atoms with Crippen LogP contribution in [0.3, 0.4) is 0 Å². The van der Waals surface area contributed by atoms with Crippen molar-refractivity contribution in [1.29, 1.82) is 0 Å². The number of anilines is 1. The standard InChI is InChI=1S/C22H32N2O2S/c1-3-4-5-7-15-24(16-8-6-10-18-13-14-18)22(27)23-20-12-9-11-19(17-20)21(25)26-2/h9,11-14,17-18H,3-8,10,15-16H2,1-2H3,(H,23,27). The molecule has 2 rings (SSSR count). The first-order chi connectivity index (χ1) is 13.1. The van der Waals surface area contributed by atoms with E-state index in [4.69, 9.17) is 17.0 Å². The topological polar surface area (TPSA) is 41.6 Å². The molecule has 1 aliphatic rings. The molecule has 1 aliphatic carbocycles. The smallest absolute Gasteiger partial charge is 0.337 e. The third kappa shape index (κ3) is 8.12. The van der Waals surface area contributed by atoms with Crippen LogP contribution in [-0.4, -0.2) is 36.2 Å². The molecule has 0 saturated carbocycles. The molecule has 5 heteroatoms. The van der Waals surface area contributed by atoms with Gasteiger partial charge in [0.1, 0.15) is 0 Å². The van der Waals surface area contributed by atoms with Crippen LogP contribution in [0.5, 0.6) is 0 Å². The number of thiocarbonyl (C=S) groups is 1. The minimum Gasteiger partial charge on any atom is -0.465 e. The number of unbranched alkanes of at least 4 members (excludes halogenated alkanes) is 4. The average Bonchev–Trinajstić information content (AvgIpc) is 3.50. The van der Waals surface area contributed by atoms with Gasteiger partial charge in [-0.15, -0.1) is 0 Å². The van der Waals surface area contributed by atoms with E-state index in [1.54, 1.807) is 12.1 Å². The molecular formula is C22H32N2O2S. The molecule has 0 aliphatic heterocycles. The Bertz CT molecular complexity index is 639. The Morgan fingerprint density at radius 1 is 1.15 bits per heavy atom. The maximum atomic E-state index is 11.7. The molecule has 0 amide bonds. The second kappa shape index (κ2) is 11.8. The van der Waals surface area contributed by atoms with Crippen LogP contribution in [-0.2, 0) is 4.74 Å². The predicted molar refractivity (Wildman–Crippen MR) is 116 cm³/mol. The second-order valence-electron chi connectivity index (χ2n) is 7.09. The Morgan fingerprint density at radius 2 is 1.89 bits per heavy atom. The van der Waals surface area contributed by atoms with Crippen LogP contribution < -0.4 is 5.32 Å². The van der Waals surface area contributed by atoms with Crippen molar-refractivity contribution in [3.05, 3.63) is 42.0 Å². The molecule has 0 atom stereocenters. The molecule has 1 aromatic rings. The molecule has 0 radical (unpaired) electrons. The van der Waals surface area contributed by atoms with Crippen molar-refractivity contribution >= 4 is 29.0 Å². The summed E-state index contributed by atoms with van der Waals surface area (Å²) in [7, 11) is 1.39. The van der Waals surface area contributed by atoms with Crippen molar-refractivity contribution in [1.82, 2.24) is 4.90 Å². The van der Waals surface area contributed by atoms with E-state index in [0.29, 0.717) is 5.56 Å². The number of carbonyl (C=O) groups is 1. The van der Waals surface area contributed by atoms with E-state index in [1.807, 2.05) is 12.1 Å². The maximum absolute atomic E-state index is 11.7.